The van der Waals surface area contributed by atoms with Crippen LogP contribution in [0.2, 0.25) is 0 Å². The van der Waals surface area contributed by atoms with Gasteiger partial charge in [-0.3, -0.25) is 14.5 Å². The number of anilines is 1. The van der Waals surface area contributed by atoms with Crippen LogP contribution in [0.5, 0.6) is 11.5 Å². The highest BCUT2D eigenvalue weighted by Crippen LogP contribution is 2.33. The van der Waals surface area contributed by atoms with Crippen LogP contribution in [0.4, 0.5) is 10.5 Å². The molecule has 1 fully saturated rings. The Morgan fingerprint density at radius 3 is 2.72 bits per heavy atom. The number of nitrogens with zero attached hydrogens (tertiary/aromatic N) is 1. The van der Waals surface area contributed by atoms with E-state index in [0.717, 1.165) is 28.0 Å². The molecule has 0 aromatic heterocycles. The van der Waals surface area contributed by atoms with Gasteiger partial charge >= 0.3 is 0 Å². The minimum Gasteiger partial charge on any atom is -0.508 e. The number of amides is 2. The standard InChI is InChI=1S/C21H20N2O4S2/c1-27-17-9-7-14(8-10-17)12-18-20(28)23(21(26)29-18)11-3-6-19(25)22-15-4-2-5-16(24)13-15/h2,4-5,7-10,12-13,24H,3,6,11H2,1H3,(H,22,25)/b18-12+. The zero-order valence-electron chi connectivity index (χ0n) is 15.8. The Hall–Kier alpha value is -2.84. The maximum Gasteiger partial charge on any atom is 0.291 e. The summed E-state index contributed by atoms with van der Waals surface area (Å²) in [5.41, 5.74) is 1.46. The highest BCUT2D eigenvalue weighted by Gasteiger charge is 2.31. The fourth-order valence-corrected chi connectivity index (χ4v) is 4.04. The molecule has 0 spiro atoms. The second-order valence-corrected chi connectivity index (χ2v) is 7.69. The molecule has 0 saturated carbocycles. The molecule has 150 valence electrons. The van der Waals surface area contributed by atoms with Crippen LogP contribution in [0.15, 0.2) is 53.4 Å². The van der Waals surface area contributed by atoms with Gasteiger partial charge in [-0.25, -0.2) is 0 Å². The van der Waals surface area contributed by atoms with Gasteiger partial charge in [-0.2, -0.15) is 0 Å². The van der Waals surface area contributed by atoms with Gasteiger partial charge in [0.2, 0.25) is 5.91 Å². The van der Waals surface area contributed by atoms with Crippen LogP contribution in [-0.4, -0.2) is 39.8 Å². The SMILES string of the molecule is COc1ccc(/C=C2/SC(=O)N(CCCC(=O)Nc3cccc(O)c3)C2=S)cc1. The van der Waals surface area contributed by atoms with Crippen molar-refractivity contribution in [2.24, 2.45) is 0 Å². The molecule has 6 nitrogen and oxygen atoms in total. The molecule has 1 aliphatic rings. The Bertz CT molecular complexity index is 957. The molecule has 2 N–H and O–H groups in total. The van der Waals surface area contributed by atoms with Crippen LogP contribution in [0.3, 0.4) is 0 Å². The molecule has 1 aliphatic heterocycles. The predicted molar refractivity (Wildman–Crippen MR) is 119 cm³/mol. The molecule has 3 rings (SSSR count). The number of thioether (sulfide) groups is 1. The van der Waals surface area contributed by atoms with Crippen LogP contribution >= 0.6 is 24.0 Å². The van der Waals surface area contributed by atoms with Gasteiger partial charge in [0.25, 0.3) is 5.24 Å². The molecule has 1 heterocycles. The monoisotopic (exact) mass is 428 g/mol. The molecule has 0 unspecified atom stereocenters. The first kappa shape index (κ1) is 20.9. The van der Waals surface area contributed by atoms with Gasteiger partial charge in [-0.05, 0) is 54.1 Å². The smallest absolute Gasteiger partial charge is 0.291 e. The zero-order valence-corrected chi connectivity index (χ0v) is 17.4. The van der Waals surface area contributed by atoms with Crippen molar-refractivity contribution in [3.63, 3.8) is 0 Å². The van der Waals surface area contributed by atoms with Crippen molar-refractivity contribution < 1.29 is 19.4 Å². The molecule has 29 heavy (non-hydrogen) atoms. The van der Waals surface area contributed by atoms with Crippen molar-refractivity contribution in [2.75, 3.05) is 19.0 Å². The maximum atomic E-state index is 12.3. The van der Waals surface area contributed by atoms with E-state index in [4.69, 9.17) is 17.0 Å². The first-order valence-electron chi connectivity index (χ1n) is 8.94. The van der Waals surface area contributed by atoms with Gasteiger partial charge < -0.3 is 15.2 Å². The lowest BCUT2D eigenvalue weighted by atomic mass is 10.2. The summed E-state index contributed by atoms with van der Waals surface area (Å²) >= 11 is 6.54. The number of methoxy groups -OCH3 is 1. The number of carbonyl (C=O) groups excluding carboxylic acids is 2. The summed E-state index contributed by atoms with van der Waals surface area (Å²) in [5, 5.41) is 12.0. The van der Waals surface area contributed by atoms with Crippen LogP contribution < -0.4 is 10.1 Å². The number of hydrogen-bond acceptors (Lipinski definition) is 6. The first-order chi connectivity index (χ1) is 14.0. The van der Waals surface area contributed by atoms with Crippen LogP contribution in [0.25, 0.3) is 6.08 Å². The van der Waals surface area contributed by atoms with Crippen molar-refractivity contribution in [2.45, 2.75) is 12.8 Å². The normalized spacial score (nSPS) is 15.1. The zero-order chi connectivity index (χ0) is 20.8. The Balaban J connectivity index is 1.53. The summed E-state index contributed by atoms with van der Waals surface area (Å²) in [6.45, 7) is 0.373. The number of phenolic OH excluding ortho intramolecular Hbond substituents is 1. The number of rotatable bonds is 7. The van der Waals surface area contributed by atoms with Crippen molar-refractivity contribution in [3.05, 3.63) is 59.0 Å². The minimum absolute atomic E-state index is 0.0870. The molecule has 8 heteroatoms. The van der Waals surface area contributed by atoms with E-state index in [-0.39, 0.29) is 23.3 Å². The molecule has 2 aromatic carbocycles. The van der Waals surface area contributed by atoms with E-state index < -0.39 is 0 Å². The van der Waals surface area contributed by atoms with Crippen LogP contribution in [-0.2, 0) is 4.79 Å². The second-order valence-electron chi connectivity index (χ2n) is 6.31. The molecule has 2 aromatic rings. The predicted octanol–water partition coefficient (Wildman–Crippen LogP) is 4.66. The van der Waals surface area contributed by atoms with E-state index >= 15 is 0 Å². The topological polar surface area (TPSA) is 78.9 Å². The largest absolute Gasteiger partial charge is 0.508 e. The highest BCUT2D eigenvalue weighted by atomic mass is 32.2. The number of phenols is 1. The summed E-state index contributed by atoms with van der Waals surface area (Å²) in [6.07, 6.45) is 2.59. The number of hydrogen-bond donors (Lipinski definition) is 2. The Labute approximate surface area is 178 Å². The van der Waals surface area contributed by atoms with E-state index in [1.54, 1.807) is 19.2 Å². The summed E-state index contributed by atoms with van der Waals surface area (Å²) < 4.78 is 5.14. The fraction of sp³-hybridized carbons (Fsp3) is 0.190. The van der Waals surface area contributed by atoms with E-state index in [1.165, 1.54) is 17.0 Å². The fourth-order valence-electron chi connectivity index (χ4n) is 2.75. The second kappa shape index (κ2) is 9.58. The lowest BCUT2D eigenvalue weighted by molar-refractivity contribution is -0.116. The average Bonchev–Trinajstić information content (AvgIpc) is 2.96. The quantitative estimate of drug-likeness (QED) is 0.493. The van der Waals surface area contributed by atoms with Crippen molar-refractivity contribution in [1.82, 2.24) is 4.90 Å². The van der Waals surface area contributed by atoms with Gasteiger partial charge in [0.1, 0.15) is 16.5 Å². The highest BCUT2D eigenvalue weighted by molar-refractivity contribution is 8.19. The molecule has 0 aliphatic carbocycles. The number of benzene rings is 2. The molecular weight excluding hydrogens is 408 g/mol. The summed E-state index contributed by atoms with van der Waals surface area (Å²) in [6, 6.07) is 13.8. The molecule has 0 bridgehead atoms. The number of ether oxygens (including phenoxy) is 1. The van der Waals surface area contributed by atoms with Crippen LogP contribution in [0.1, 0.15) is 18.4 Å². The molecule has 0 radical (unpaired) electrons. The molecule has 1 saturated heterocycles. The lowest BCUT2D eigenvalue weighted by Gasteiger charge is -2.14. The molecular formula is C21H20N2O4S2. The molecule has 0 atom stereocenters. The minimum atomic E-state index is -0.185. The number of aromatic hydroxyl groups is 1. The van der Waals surface area contributed by atoms with Gasteiger partial charge in [0, 0.05) is 24.7 Å². The van der Waals surface area contributed by atoms with Gasteiger partial charge in [-0.1, -0.05) is 30.4 Å². The summed E-state index contributed by atoms with van der Waals surface area (Å²) in [5.74, 6) is 0.661. The van der Waals surface area contributed by atoms with E-state index in [9.17, 15) is 14.7 Å². The van der Waals surface area contributed by atoms with Crippen molar-refractivity contribution >= 4 is 51.9 Å². The Morgan fingerprint density at radius 1 is 1.28 bits per heavy atom. The van der Waals surface area contributed by atoms with Crippen LogP contribution in [0, 0.1) is 0 Å². The number of nitrogens with one attached hydrogen (secondary N) is 1. The number of thiocarbonyl (C=S) groups is 1. The Morgan fingerprint density at radius 2 is 2.03 bits per heavy atom. The van der Waals surface area contributed by atoms with Crippen molar-refractivity contribution in [1.29, 1.82) is 0 Å². The Kier molecular flexibility index (Phi) is 6.90. The maximum absolute atomic E-state index is 12.3. The van der Waals surface area contributed by atoms with E-state index in [1.807, 2.05) is 30.3 Å². The number of carbonyl (C=O) groups is 2. The molecule has 2 amide bonds. The third-order valence-electron chi connectivity index (χ3n) is 4.20. The summed E-state index contributed by atoms with van der Waals surface area (Å²) in [4.78, 5) is 27.1. The van der Waals surface area contributed by atoms with Crippen molar-refractivity contribution in [3.8, 4) is 11.5 Å². The van der Waals surface area contributed by atoms with E-state index in [2.05, 4.69) is 5.32 Å². The van der Waals surface area contributed by atoms with Gasteiger partial charge in [-0.15, -0.1) is 0 Å². The van der Waals surface area contributed by atoms with Gasteiger partial charge in [0.15, 0.2) is 0 Å². The average molecular weight is 429 g/mol. The first-order valence-corrected chi connectivity index (χ1v) is 10.2. The van der Waals surface area contributed by atoms with Gasteiger partial charge in [0.05, 0.1) is 12.0 Å². The third-order valence-corrected chi connectivity index (χ3v) is 5.70. The van der Waals surface area contributed by atoms with E-state index in [0.29, 0.717) is 23.6 Å². The lowest BCUT2D eigenvalue weighted by Crippen LogP contribution is -2.28. The third kappa shape index (κ3) is 5.58. The summed E-state index contributed by atoms with van der Waals surface area (Å²) in [7, 11) is 1.61.